The van der Waals surface area contributed by atoms with Gasteiger partial charge in [0.1, 0.15) is 0 Å². The van der Waals surface area contributed by atoms with Crippen LogP contribution in [0.5, 0.6) is 0 Å². The van der Waals surface area contributed by atoms with Gasteiger partial charge in [-0.1, -0.05) is 19.1 Å². The number of rotatable bonds is 6. The summed E-state index contributed by atoms with van der Waals surface area (Å²) in [7, 11) is 0. The Bertz CT molecular complexity index is 457. The van der Waals surface area contributed by atoms with Crippen molar-refractivity contribution in [3.63, 3.8) is 0 Å². The highest BCUT2D eigenvalue weighted by Crippen LogP contribution is 2.29. The maximum Gasteiger partial charge on any atom is 0.416 e. The van der Waals surface area contributed by atoms with Crippen LogP contribution in [0.1, 0.15) is 44.4 Å². The number of carbonyl (C=O) groups excluding carboxylic acids is 1. The normalized spacial score (nSPS) is 14.6. The molecule has 0 bridgehead atoms. The molecule has 0 spiro atoms. The Kier molecular flexibility index (Phi) is 6.20. The van der Waals surface area contributed by atoms with E-state index in [0.29, 0.717) is 12.0 Å². The van der Waals surface area contributed by atoms with E-state index < -0.39 is 11.7 Å². The Balaban J connectivity index is 2.59. The molecule has 1 aromatic carbocycles. The van der Waals surface area contributed by atoms with E-state index in [-0.39, 0.29) is 18.0 Å². The largest absolute Gasteiger partial charge is 0.416 e. The molecule has 2 N–H and O–H groups in total. The number of halogens is 3. The maximum absolute atomic E-state index is 12.5. The van der Waals surface area contributed by atoms with Gasteiger partial charge >= 0.3 is 6.18 Å². The van der Waals surface area contributed by atoms with Crippen LogP contribution in [0.15, 0.2) is 24.3 Å². The predicted octanol–water partition coefficient (Wildman–Crippen LogP) is 3.27. The van der Waals surface area contributed by atoms with Crippen molar-refractivity contribution in [3.8, 4) is 0 Å². The molecule has 2 unspecified atom stereocenters. The first-order valence-electron chi connectivity index (χ1n) is 6.94. The first-order valence-corrected chi connectivity index (χ1v) is 6.94. The summed E-state index contributed by atoms with van der Waals surface area (Å²) in [6.07, 6.45) is -4.01. The summed E-state index contributed by atoms with van der Waals surface area (Å²) < 4.78 is 37.4. The molecule has 0 heterocycles. The van der Waals surface area contributed by atoms with Crippen molar-refractivity contribution < 1.29 is 18.0 Å². The lowest BCUT2D eigenvalue weighted by molar-refractivity contribution is -0.137. The Labute approximate surface area is 122 Å². The molecule has 2 atom stereocenters. The van der Waals surface area contributed by atoms with Crippen LogP contribution in [-0.2, 0) is 11.0 Å². The van der Waals surface area contributed by atoms with Crippen molar-refractivity contribution in [2.45, 2.75) is 45.5 Å². The van der Waals surface area contributed by atoms with Gasteiger partial charge in [0.05, 0.1) is 11.6 Å². The molecule has 0 aliphatic rings. The van der Waals surface area contributed by atoms with E-state index in [4.69, 9.17) is 0 Å². The van der Waals surface area contributed by atoms with Crippen LogP contribution >= 0.6 is 0 Å². The summed E-state index contributed by atoms with van der Waals surface area (Å²) in [5.74, 6) is -0.129. The van der Waals surface area contributed by atoms with Crippen molar-refractivity contribution >= 4 is 5.91 Å². The fraction of sp³-hybridized carbons (Fsp3) is 0.533. The fourth-order valence-corrected chi connectivity index (χ4v) is 2.04. The lowest BCUT2D eigenvalue weighted by atomic mass is 10.1. The molecule has 0 saturated carbocycles. The molecule has 1 rings (SSSR count). The molecular formula is C15H21F3N2O. The predicted molar refractivity (Wildman–Crippen MR) is 75.8 cm³/mol. The van der Waals surface area contributed by atoms with Gasteiger partial charge in [-0.25, -0.2) is 0 Å². The zero-order valence-electron chi connectivity index (χ0n) is 12.4. The van der Waals surface area contributed by atoms with E-state index in [2.05, 4.69) is 10.6 Å². The van der Waals surface area contributed by atoms with Crippen molar-refractivity contribution in [2.24, 2.45) is 0 Å². The quantitative estimate of drug-likeness (QED) is 0.847. The van der Waals surface area contributed by atoms with Gasteiger partial charge in [-0.3, -0.25) is 4.79 Å². The molecule has 0 radical (unpaired) electrons. The van der Waals surface area contributed by atoms with Crippen molar-refractivity contribution in [3.05, 3.63) is 35.4 Å². The summed E-state index contributed by atoms with van der Waals surface area (Å²) in [6.45, 7) is 6.40. The summed E-state index contributed by atoms with van der Waals surface area (Å²) in [5.41, 5.74) is -0.0435. The number of hydrogen-bond acceptors (Lipinski definition) is 2. The van der Waals surface area contributed by atoms with Crippen molar-refractivity contribution in [1.82, 2.24) is 10.6 Å². The highest BCUT2D eigenvalue weighted by atomic mass is 19.4. The van der Waals surface area contributed by atoms with Crippen LogP contribution in [0.4, 0.5) is 13.2 Å². The number of nitrogens with one attached hydrogen (secondary N) is 2. The van der Waals surface area contributed by atoms with E-state index in [0.717, 1.165) is 18.7 Å². The second kappa shape index (κ2) is 7.45. The third-order valence-corrected chi connectivity index (χ3v) is 3.16. The van der Waals surface area contributed by atoms with Gasteiger partial charge in [0, 0.05) is 12.5 Å². The molecular weight excluding hydrogens is 281 g/mol. The van der Waals surface area contributed by atoms with E-state index in [1.807, 2.05) is 13.8 Å². The molecule has 0 fully saturated rings. The standard InChI is InChI=1S/C15H21F3N2O/c1-4-19-10(2)9-14(21)20-11(3)12-5-7-13(8-6-12)15(16,17)18/h5-8,10-11,19H,4,9H2,1-3H3,(H,20,21). The topological polar surface area (TPSA) is 41.1 Å². The lowest BCUT2D eigenvalue weighted by Crippen LogP contribution is -2.34. The minimum absolute atomic E-state index is 0.0646. The molecule has 1 amide bonds. The average molecular weight is 302 g/mol. The summed E-state index contributed by atoms with van der Waals surface area (Å²) in [4.78, 5) is 11.8. The average Bonchev–Trinajstić information content (AvgIpc) is 2.37. The van der Waals surface area contributed by atoms with Crippen LogP contribution < -0.4 is 10.6 Å². The van der Waals surface area contributed by atoms with Crippen LogP contribution in [0.2, 0.25) is 0 Å². The number of carbonyl (C=O) groups is 1. The van der Waals surface area contributed by atoms with E-state index in [1.54, 1.807) is 6.92 Å². The second-order valence-corrected chi connectivity index (χ2v) is 5.07. The smallest absolute Gasteiger partial charge is 0.350 e. The van der Waals surface area contributed by atoms with Gasteiger partial charge in [-0.05, 0) is 38.1 Å². The highest BCUT2D eigenvalue weighted by Gasteiger charge is 2.30. The van der Waals surface area contributed by atoms with Crippen LogP contribution in [0, 0.1) is 0 Å². The monoisotopic (exact) mass is 302 g/mol. The van der Waals surface area contributed by atoms with Gasteiger partial charge in [0.15, 0.2) is 0 Å². The number of benzene rings is 1. The molecule has 1 aromatic rings. The molecule has 3 nitrogen and oxygen atoms in total. The molecule has 6 heteroatoms. The Morgan fingerprint density at radius 2 is 1.76 bits per heavy atom. The molecule has 0 saturated heterocycles. The Hall–Kier alpha value is -1.56. The minimum atomic E-state index is -4.34. The Morgan fingerprint density at radius 3 is 2.24 bits per heavy atom. The van der Waals surface area contributed by atoms with Gasteiger partial charge in [0.2, 0.25) is 5.91 Å². The summed E-state index contributed by atoms with van der Waals surface area (Å²) in [6, 6.07) is 4.57. The SMILES string of the molecule is CCNC(C)CC(=O)NC(C)c1ccc(C(F)(F)F)cc1. The van der Waals surface area contributed by atoms with E-state index in [9.17, 15) is 18.0 Å². The van der Waals surface area contributed by atoms with Crippen molar-refractivity contribution in [2.75, 3.05) is 6.54 Å². The highest BCUT2D eigenvalue weighted by molar-refractivity contribution is 5.77. The minimum Gasteiger partial charge on any atom is -0.350 e. The van der Waals surface area contributed by atoms with Gasteiger partial charge < -0.3 is 10.6 Å². The summed E-state index contributed by atoms with van der Waals surface area (Å²) in [5, 5.41) is 5.91. The number of alkyl halides is 3. The third kappa shape index (κ3) is 5.75. The third-order valence-electron chi connectivity index (χ3n) is 3.16. The number of amides is 1. The molecule has 21 heavy (non-hydrogen) atoms. The maximum atomic E-state index is 12.5. The molecule has 118 valence electrons. The van der Waals surface area contributed by atoms with Crippen LogP contribution in [-0.4, -0.2) is 18.5 Å². The van der Waals surface area contributed by atoms with Crippen LogP contribution in [0.3, 0.4) is 0 Å². The van der Waals surface area contributed by atoms with Gasteiger partial charge in [-0.2, -0.15) is 13.2 Å². The van der Waals surface area contributed by atoms with E-state index >= 15 is 0 Å². The van der Waals surface area contributed by atoms with Crippen LogP contribution in [0.25, 0.3) is 0 Å². The van der Waals surface area contributed by atoms with Gasteiger partial charge in [-0.15, -0.1) is 0 Å². The van der Waals surface area contributed by atoms with Gasteiger partial charge in [0.25, 0.3) is 0 Å². The first-order chi connectivity index (χ1) is 9.74. The van der Waals surface area contributed by atoms with E-state index in [1.165, 1.54) is 12.1 Å². The zero-order chi connectivity index (χ0) is 16.0. The first kappa shape index (κ1) is 17.5. The molecule has 0 aliphatic carbocycles. The lowest BCUT2D eigenvalue weighted by Gasteiger charge is -2.17. The molecule has 0 aromatic heterocycles. The fourth-order valence-electron chi connectivity index (χ4n) is 2.04. The Morgan fingerprint density at radius 1 is 1.19 bits per heavy atom. The number of hydrogen-bond donors (Lipinski definition) is 2. The zero-order valence-corrected chi connectivity index (χ0v) is 12.4. The summed E-state index contributed by atoms with van der Waals surface area (Å²) >= 11 is 0. The molecule has 0 aliphatic heterocycles. The second-order valence-electron chi connectivity index (χ2n) is 5.07. The van der Waals surface area contributed by atoms with Crippen molar-refractivity contribution in [1.29, 1.82) is 0 Å².